The smallest absolute Gasteiger partial charge is 0.426 e. The van der Waals surface area contributed by atoms with Gasteiger partial charge in [0.25, 0.3) is 0 Å². The average Bonchev–Trinajstić information content (AvgIpc) is 2.36. The van der Waals surface area contributed by atoms with Crippen LogP contribution in [-0.2, 0) is 9.45 Å². The van der Waals surface area contributed by atoms with Crippen LogP contribution in [0.2, 0.25) is 0 Å². The van der Waals surface area contributed by atoms with E-state index in [-0.39, 0.29) is 17.8 Å². The fourth-order valence-electron chi connectivity index (χ4n) is 1.07. The molecule has 0 saturated carbocycles. The second-order valence-corrected chi connectivity index (χ2v) is 3.32. The number of carbonyl (C=O) groups is 1. The van der Waals surface area contributed by atoms with Crippen LogP contribution in [0.3, 0.4) is 0 Å². The SMILES string of the molecule is CC(C)C(=O)NC1CCOB1O. The molecule has 0 aromatic carbocycles. The number of nitrogens with one attached hydrogen (secondary N) is 1. The highest BCUT2D eigenvalue weighted by Gasteiger charge is 2.33. The molecule has 1 heterocycles. The molecule has 0 aromatic rings. The van der Waals surface area contributed by atoms with Gasteiger partial charge in [0.1, 0.15) is 0 Å². The minimum Gasteiger partial charge on any atom is -0.426 e. The number of rotatable bonds is 2. The van der Waals surface area contributed by atoms with E-state index in [2.05, 4.69) is 5.32 Å². The summed E-state index contributed by atoms with van der Waals surface area (Å²) < 4.78 is 4.89. The minimum absolute atomic E-state index is 0.0375. The summed E-state index contributed by atoms with van der Waals surface area (Å²) in [6.07, 6.45) is 0.694. The number of amides is 1. The maximum atomic E-state index is 11.2. The lowest BCUT2D eigenvalue weighted by atomic mass is 9.80. The summed E-state index contributed by atoms with van der Waals surface area (Å²) in [6.45, 7) is 4.15. The fourth-order valence-corrected chi connectivity index (χ4v) is 1.07. The van der Waals surface area contributed by atoms with Gasteiger partial charge < -0.3 is 15.0 Å². The standard InChI is InChI=1S/C7H14BNO3/c1-5(2)7(10)9-6-3-4-12-8(6)11/h5-6,11H,3-4H2,1-2H3,(H,9,10). The summed E-state index contributed by atoms with van der Waals surface area (Å²) in [4.78, 5) is 11.2. The third kappa shape index (κ3) is 2.22. The summed E-state index contributed by atoms with van der Waals surface area (Å²) in [7, 11) is -0.826. The Balaban J connectivity index is 2.35. The third-order valence-corrected chi connectivity index (χ3v) is 1.91. The zero-order valence-corrected chi connectivity index (χ0v) is 7.41. The summed E-state index contributed by atoms with van der Waals surface area (Å²) in [6, 6.07) is 0. The van der Waals surface area contributed by atoms with Gasteiger partial charge in [-0.3, -0.25) is 4.79 Å². The van der Waals surface area contributed by atoms with E-state index in [0.29, 0.717) is 13.0 Å². The molecule has 1 atom stereocenters. The van der Waals surface area contributed by atoms with E-state index in [1.807, 2.05) is 13.8 Å². The van der Waals surface area contributed by atoms with Crippen molar-refractivity contribution in [3.63, 3.8) is 0 Å². The van der Waals surface area contributed by atoms with Crippen molar-refractivity contribution in [1.82, 2.24) is 5.32 Å². The van der Waals surface area contributed by atoms with Crippen LogP contribution in [0, 0.1) is 5.92 Å². The van der Waals surface area contributed by atoms with Gasteiger partial charge in [-0.25, -0.2) is 0 Å². The van der Waals surface area contributed by atoms with Crippen LogP contribution in [0.15, 0.2) is 0 Å². The van der Waals surface area contributed by atoms with Gasteiger partial charge in [-0.15, -0.1) is 0 Å². The molecule has 0 aliphatic carbocycles. The molecule has 1 saturated heterocycles. The van der Waals surface area contributed by atoms with Gasteiger partial charge in [0, 0.05) is 12.5 Å². The lowest BCUT2D eigenvalue weighted by Gasteiger charge is -2.13. The minimum atomic E-state index is -0.826. The van der Waals surface area contributed by atoms with E-state index in [9.17, 15) is 9.82 Å². The summed E-state index contributed by atoms with van der Waals surface area (Å²) in [5, 5.41) is 11.9. The molecular weight excluding hydrogens is 157 g/mol. The van der Waals surface area contributed by atoms with E-state index >= 15 is 0 Å². The van der Waals surface area contributed by atoms with Crippen molar-refractivity contribution in [3.8, 4) is 0 Å². The number of hydrogen-bond acceptors (Lipinski definition) is 3. The molecule has 0 radical (unpaired) electrons. The molecule has 1 aliphatic rings. The van der Waals surface area contributed by atoms with Crippen LogP contribution in [0.25, 0.3) is 0 Å². The predicted molar refractivity (Wildman–Crippen MR) is 45.3 cm³/mol. The zero-order chi connectivity index (χ0) is 9.14. The molecule has 1 fully saturated rings. The molecule has 4 nitrogen and oxygen atoms in total. The van der Waals surface area contributed by atoms with E-state index in [1.54, 1.807) is 0 Å². The Morgan fingerprint density at radius 3 is 2.83 bits per heavy atom. The van der Waals surface area contributed by atoms with Crippen LogP contribution in [0.1, 0.15) is 20.3 Å². The molecule has 0 aromatic heterocycles. The van der Waals surface area contributed by atoms with Crippen LogP contribution >= 0.6 is 0 Å². The topological polar surface area (TPSA) is 58.6 Å². The van der Waals surface area contributed by atoms with Crippen LogP contribution < -0.4 is 5.32 Å². The Morgan fingerprint density at radius 2 is 2.42 bits per heavy atom. The Hall–Kier alpha value is -0.545. The Labute approximate surface area is 72.4 Å². The zero-order valence-electron chi connectivity index (χ0n) is 7.41. The van der Waals surface area contributed by atoms with E-state index in [4.69, 9.17) is 4.65 Å². The number of hydrogen-bond donors (Lipinski definition) is 2. The van der Waals surface area contributed by atoms with Crippen molar-refractivity contribution in [2.45, 2.75) is 26.2 Å². The predicted octanol–water partition coefficient (Wildman–Crippen LogP) is -0.433. The maximum Gasteiger partial charge on any atom is 0.478 e. The molecule has 2 N–H and O–H groups in total. The normalized spacial score (nSPS) is 23.3. The lowest BCUT2D eigenvalue weighted by molar-refractivity contribution is -0.124. The molecule has 1 unspecified atom stereocenters. The molecule has 0 spiro atoms. The van der Waals surface area contributed by atoms with Crippen molar-refractivity contribution < 1.29 is 14.5 Å². The summed E-state index contributed by atoms with van der Waals surface area (Å²) in [5.41, 5.74) is 0. The highest BCUT2D eigenvalue weighted by atomic mass is 16.5. The summed E-state index contributed by atoms with van der Waals surface area (Å²) in [5.74, 6) is -0.303. The molecule has 1 amide bonds. The first kappa shape index (κ1) is 9.54. The molecule has 0 bridgehead atoms. The molecule has 68 valence electrons. The Morgan fingerprint density at radius 1 is 1.75 bits per heavy atom. The van der Waals surface area contributed by atoms with E-state index < -0.39 is 7.12 Å². The van der Waals surface area contributed by atoms with Crippen molar-refractivity contribution in [1.29, 1.82) is 0 Å². The van der Waals surface area contributed by atoms with E-state index in [0.717, 1.165) is 0 Å². The Bertz CT molecular complexity index is 174. The first-order valence-corrected chi connectivity index (χ1v) is 4.21. The monoisotopic (exact) mass is 171 g/mol. The van der Waals surface area contributed by atoms with Crippen molar-refractivity contribution in [2.24, 2.45) is 5.92 Å². The fraction of sp³-hybridized carbons (Fsp3) is 0.857. The van der Waals surface area contributed by atoms with Crippen LogP contribution in [0.4, 0.5) is 0 Å². The van der Waals surface area contributed by atoms with Crippen LogP contribution in [0.5, 0.6) is 0 Å². The van der Waals surface area contributed by atoms with Gasteiger partial charge >= 0.3 is 7.12 Å². The Kier molecular flexibility index (Phi) is 3.11. The van der Waals surface area contributed by atoms with Gasteiger partial charge in [-0.1, -0.05) is 13.8 Å². The first-order chi connectivity index (χ1) is 5.61. The van der Waals surface area contributed by atoms with Gasteiger partial charge in [0.15, 0.2) is 0 Å². The van der Waals surface area contributed by atoms with E-state index in [1.165, 1.54) is 0 Å². The van der Waals surface area contributed by atoms with Crippen molar-refractivity contribution in [2.75, 3.05) is 6.61 Å². The highest BCUT2D eigenvalue weighted by molar-refractivity contribution is 6.46. The van der Waals surface area contributed by atoms with Crippen LogP contribution in [-0.4, -0.2) is 30.6 Å². The molecular formula is C7H14BNO3. The molecule has 12 heavy (non-hydrogen) atoms. The second-order valence-electron chi connectivity index (χ2n) is 3.32. The van der Waals surface area contributed by atoms with Crippen molar-refractivity contribution in [3.05, 3.63) is 0 Å². The summed E-state index contributed by atoms with van der Waals surface area (Å²) >= 11 is 0. The van der Waals surface area contributed by atoms with Gasteiger partial charge in [0.2, 0.25) is 5.91 Å². The van der Waals surface area contributed by atoms with Gasteiger partial charge in [-0.05, 0) is 6.42 Å². The molecule has 1 rings (SSSR count). The van der Waals surface area contributed by atoms with Crippen molar-refractivity contribution >= 4 is 13.0 Å². The second kappa shape index (κ2) is 3.91. The lowest BCUT2D eigenvalue weighted by Crippen LogP contribution is -2.44. The third-order valence-electron chi connectivity index (χ3n) is 1.91. The largest absolute Gasteiger partial charge is 0.478 e. The molecule has 5 heteroatoms. The molecule has 1 aliphatic heterocycles. The average molecular weight is 171 g/mol. The highest BCUT2D eigenvalue weighted by Crippen LogP contribution is 2.07. The van der Waals surface area contributed by atoms with Gasteiger partial charge in [-0.2, -0.15) is 0 Å². The number of carbonyl (C=O) groups excluding carboxylic acids is 1. The first-order valence-electron chi connectivity index (χ1n) is 4.21. The quantitative estimate of drug-likeness (QED) is 0.554. The maximum absolute atomic E-state index is 11.2. The van der Waals surface area contributed by atoms with Gasteiger partial charge in [0.05, 0.1) is 5.94 Å².